The Hall–Kier alpha value is -1.33. The summed E-state index contributed by atoms with van der Waals surface area (Å²) in [6.45, 7) is 3.88. The van der Waals surface area contributed by atoms with Crippen molar-refractivity contribution in [2.24, 2.45) is 0 Å². The van der Waals surface area contributed by atoms with Gasteiger partial charge in [-0.1, -0.05) is 18.5 Å². The molecule has 6 heteroatoms. The molecule has 1 aliphatic rings. The molecule has 1 aromatic heterocycles. The van der Waals surface area contributed by atoms with E-state index in [9.17, 15) is 4.79 Å². The molecule has 0 spiro atoms. The van der Waals surface area contributed by atoms with Crippen LogP contribution in [0.4, 0.5) is 5.82 Å². The Bertz CT molecular complexity index is 467. The fourth-order valence-electron chi connectivity index (χ4n) is 2.07. The minimum Gasteiger partial charge on any atom is -0.375 e. The molecule has 1 saturated heterocycles. The summed E-state index contributed by atoms with van der Waals surface area (Å²) in [4.78, 5) is 18.3. The number of nitrogens with one attached hydrogen (secondary N) is 1. The third kappa shape index (κ3) is 3.16. The molecule has 1 N–H and O–H groups in total. The van der Waals surface area contributed by atoms with E-state index in [1.54, 1.807) is 24.2 Å². The fraction of sp³-hybridized carbons (Fsp3) is 0.538. The molecule has 1 atom stereocenters. The predicted molar refractivity (Wildman–Crippen MR) is 74.7 cm³/mol. The van der Waals surface area contributed by atoms with E-state index in [4.69, 9.17) is 16.3 Å². The summed E-state index contributed by atoms with van der Waals surface area (Å²) >= 11 is 6.05. The Labute approximate surface area is 117 Å². The van der Waals surface area contributed by atoms with Crippen molar-refractivity contribution in [3.8, 4) is 0 Å². The topological polar surface area (TPSA) is 54.5 Å². The van der Waals surface area contributed by atoms with Gasteiger partial charge in [0, 0.05) is 26.3 Å². The quantitative estimate of drug-likeness (QED) is 0.922. The maximum Gasteiger partial charge on any atom is 0.255 e. The first-order chi connectivity index (χ1) is 9.15. The number of nitrogens with zero attached hydrogens (tertiary/aromatic N) is 2. The molecule has 5 nitrogen and oxygen atoms in total. The van der Waals surface area contributed by atoms with Crippen molar-refractivity contribution in [1.29, 1.82) is 0 Å². The summed E-state index contributed by atoms with van der Waals surface area (Å²) in [6.07, 6.45) is 2.58. The average Bonchev–Trinajstić information content (AvgIpc) is 2.46. The Balaban J connectivity index is 2.12. The van der Waals surface area contributed by atoms with Crippen molar-refractivity contribution < 1.29 is 9.53 Å². The number of morpholine rings is 1. The van der Waals surface area contributed by atoms with E-state index in [2.05, 4.69) is 17.2 Å². The van der Waals surface area contributed by atoms with Gasteiger partial charge >= 0.3 is 0 Å². The van der Waals surface area contributed by atoms with E-state index in [1.807, 2.05) is 0 Å². The molecule has 1 aliphatic heterocycles. The van der Waals surface area contributed by atoms with Crippen LogP contribution in [0.3, 0.4) is 0 Å². The van der Waals surface area contributed by atoms with Crippen LogP contribution in [0.5, 0.6) is 0 Å². The molecule has 0 aromatic carbocycles. The van der Waals surface area contributed by atoms with Crippen molar-refractivity contribution in [2.45, 2.75) is 19.4 Å². The summed E-state index contributed by atoms with van der Waals surface area (Å²) in [5.41, 5.74) is 0.515. The standard InChI is InChI=1S/C13H18ClN3O2/c1-3-10-8-17(4-5-19-10)13(18)9-6-11(14)12(15-2)16-7-9/h6-7,10H,3-5,8H2,1-2H3,(H,15,16). The molecule has 1 unspecified atom stereocenters. The minimum atomic E-state index is -0.0428. The van der Waals surface area contributed by atoms with Crippen LogP contribution >= 0.6 is 11.6 Å². The van der Waals surface area contributed by atoms with Gasteiger partial charge in [0.2, 0.25) is 0 Å². The molecule has 1 fully saturated rings. The van der Waals surface area contributed by atoms with Gasteiger partial charge in [-0.3, -0.25) is 4.79 Å². The first-order valence-corrected chi connectivity index (χ1v) is 6.77. The zero-order valence-corrected chi connectivity index (χ0v) is 11.9. The summed E-state index contributed by atoms with van der Waals surface area (Å²) < 4.78 is 5.56. The highest BCUT2D eigenvalue weighted by molar-refractivity contribution is 6.33. The molecule has 2 rings (SSSR count). The second-order valence-electron chi connectivity index (χ2n) is 4.46. The van der Waals surface area contributed by atoms with Crippen LogP contribution in [0.1, 0.15) is 23.7 Å². The number of carbonyl (C=O) groups excluding carboxylic acids is 1. The number of aromatic nitrogens is 1. The lowest BCUT2D eigenvalue weighted by Crippen LogP contribution is -2.45. The third-order valence-corrected chi connectivity index (χ3v) is 3.49. The van der Waals surface area contributed by atoms with Crippen molar-refractivity contribution in [2.75, 3.05) is 32.1 Å². The zero-order chi connectivity index (χ0) is 13.8. The van der Waals surface area contributed by atoms with E-state index in [0.717, 1.165) is 6.42 Å². The second kappa shape index (κ2) is 6.21. The van der Waals surface area contributed by atoms with E-state index < -0.39 is 0 Å². The Kier molecular flexibility index (Phi) is 4.61. The number of pyridine rings is 1. The SMILES string of the molecule is CCC1CN(C(=O)c2cnc(NC)c(Cl)c2)CCO1. The molecule has 0 aliphatic carbocycles. The molecule has 19 heavy (non-hydrogen) atoms. The first kappa shape index (κ1) is 14.1. The van der Waals surface area contributed by atoms with Gasteiger partial charge in [-0.05, 0) is 12.5 Å². The largest absolute Gasteiger partial charge is 0.375 e. The van der Waals surface area contributed by atoms with Gasteiger partial charge < -0.3 is 15.0 Å². The maximum atomic E-state index is 12.4. The van der Waals surface area contributed by atoms with Crippen LogP contribution in [0.15, 0.2) is 12.3 Å². The Morgan fingerprint density at radius 3 is 3.11 bits per heavy atom. The Morgan fingerprint density at radius 2 is 2.47 bits per heavy atom. The molecule has 0 saturated carbocycles. The van der Waals surface area contributed by atoms with Gasteiger partial charge in [0.25, 0.3) is 5.91 Å². The van der Waals surface area contributed by atoms with Crippen LogP contribution in [0.25, 0.3) is 0 Å². The van der Waals surface area contributed by atoms with Crippen LogP contribution in [-0.2, 0) is 4.74 Å². The minimum absolute atomic E-state index is 0.0428. The van der Waals surface area contributed by atoms with E-state index >= 15 is 0 Å². The maximum absolute atomic E-state index is 12.4. The van der Waals surface area contributed by atoms with Gasteiger partial charge in [-0.25, -0.2) is 4.98 Å². The molecule has 1 amide bonds. The summed E-state index contributed by atoms with van der Waals surface area (Å²) in [6, 6.07) is 1.65. The molecule has 0 radical (unpaired) electrons. The number of amides is 1. The Morgan fingerprint density at radius 1 is 1.68 bits per heavy atom. The number of ether oxygens (including phenoxy) is 1. The fourth-order valence-corrected chi connectivity index (χ4v) is 2.33. The summed E-state index contributed by atoms with van der Waals surface area (Å²) in [5.74, 6) is 0.533. The predicted octanol–water partition coefficient (Wildman–Crippen LogP) is 2.03. The van der Waals surface area contributed by atoms with Crippen LogP contribution in [0.2, 0.25) is 5.02 Å². The molecule has 2 heterocycles. The van der Waals surface area contributed by atoms with E-state index in [0.29, 0.717) is 36.1 Å². The molecule has 0 bridgehead atoms. The van der Waals surface area contributed by atoms with Crippen LogP contribution < -0.4 is 5.32 Å². The molecule has 104 valence electrons. The third-order valence-electron chi connectivity index (χ3n) is 3.21. The highest BCUT2D eigenvalue weighted by Gasteiger charge is 2.24. The highest BCUT2D eigenvalue weighted by Crippen LogP contribution is 2.21. The van der Waals surface area contributed by atoms with Gasteiger partial charge in [0.05, 0.1) is 23.3 Å². The lowest BCUT2D eigenvalue weighted by Gasteiger charge is -2.32. The van der Waals surface area contributed by atoms with Gasteiger partial charge in [0.15, 0.2) is 0 Å². The van der Waals surface area contributed by atoms with Crippen LogP contribution in [-0.4, -0.2) is 48.6 Å². The van der Waals surface area contributed by atoms with Gasteiger partial charge in [-0.2, -0.15) is 0 Å². The lowest BCUT2D eigenvalue weighted by molar-refractivity contribution is -0.0226. The first-order valence-electron chi connectivity index (χ1n) is 6.39. The smallest absolute Gasteiger partial charge is 0.255 e. The zero-order valence-electron chi connectivity index (χ0n) is 11.1. The number of halogens is 1. The number of rotatable bonds is 3. The normalized spacial score (nSPS) is 19.3. The van der Waals surface area contributed by atoms with Crippen molar-refractivity contribution in [3.05, 3.63) is 22.8 Å². The summed E-state index contributed by atoms with van der Waals surface area (Å²) in [7, 11) is 1.74. The molecular weight excluding hydrogens is 266 g/mol. The van der Waals surface area contributed by atoms with E-state index in [-0.39, 0.29) is 12.0 Å². The number of hydrogen-bond acceptors (Lipinski definition) is 4. The second-order valence-corrected chi connectivity index (χ2v) is 4.86. The monoisotopic (exact) mass is 283 g/mol. The number of hydrogen-bond donors (Lipinski definition) is 1. The van der Waals surface area contributed by atoms with Gasteiger partial charge in [0.1, 0.15) is 5.82 Å². The average molecular weight is 284 g/mol. The van der Waals surface area contributed by atoms with Crippen molar-refractivity contribution in [1.82, 2.24) is 9.88 Å². The molecule has 1 aromatic rings. The van der Waals surface area contributed by atoms with Gasteiger partial charge in [-0.15, -0.1) is 0 Å². The van der Waals surface area contributed by atoms with Crippen LogP contribution in [0, 0.1) is 0 Å². The number of anilines is 1. The van der Waals surface area contributed by atoms with Crippen molar-refractivity contribution in [3.63, 3.8) is 0 Å². The number of carbonyl (C=O) groups is 1. The van der Waals surface area contributed by atoms with Crippen molar-refractivity contribution >= 4 is 23.3 Å². The lowest BCUT2D eigenvalue weighted by atomic mass is 10.2. The molecular formula is C13H18ClN3O2. The van der Waals surface area contributed by atoms with E-state index in [1.165, 1.54) is 0 Å². The summed E-state index contributed by atoms with van der Waals surface area (Å²) in [5, 5.41) is 3.32. The highest BCUT2D eigenvalue weighted by atomic mass is 35.5.